The van der Waals surface area contributed by atoms with Crippen LogP contribution in [-0.4, -0.2) is 24.3 Å². The SMILES string of the molecule is CCOc1ccc(-n2ccc([C@@H]3OCCN3c3ccc(CC)cc3)c2)cc1. The number of aromatic nitrogens is 1. The van der Waals surface area contributed by atoms with Crippen molar-refractivity contribution >= 4 is 5.69 Å². The van der Waals surface area contributed by atoms with Crippen LogP contribution in [-0.2, 0) is 11.2 Å². The quantitative estimate of drug-likeness (QED) is 0.619. The molecule has 1 aliphatic rings. The average molecular weight is 362 g/mol. The molecule has 2 heterocycles. The van der Waals surface area contributed by atoms with Crippen LogP contribution in [0, 0.1) is 0 Å². The van der Waals surface area contributed by atoms with Gasteiger partial charge < -0.3 is 18.9 Å². The van der Waals surface area contributed by atoms with Gasteiger partial charge in [0.2, 0.25) is 0 Å². The third kappa shape index (κ3) is 3.71. The van der Waals surface area contributed by atoms with Crippen molar-refractivity contribution in [2.75, 3.05) is 24.7 Å². The molecule has 1 saturated heterocycles. The standard InChI is InChI=1S/C23H26N2O2/c1-3-18-5-7-21(8-6-18)25-15-16-27-23(25)19-13-14-24(17-19)20-9-11-22(12-10-20)26-4-2/h5-14,17,23H,3-4,15-16H2,1-2H3/t23-/m0/s1. The lowest BCUT2D eigenvalue weighted by Crippen LogP contribution is -2.22. The molecule has 0 aliphatic carbocycles. The molecule has 0 amide bonds. The zero-order valence-corrected chi connectivity index (χ0v) is 16.0. The highest BCUT2D eigenvalue weighted by atomic mass is 16.5. The summed E-state index contributed by atoms with van der Waals surface area (Å²) >= 11 is 0. The number of hydrogen-bond acceptors (Lipinski definition) is 3. The predicted molar refractivity (Wildman–Crippen MR) is 109 cm³/mol. The van der Waals surface area contributed by atoms with E-state index in [0.29, 0.717) is 6.61 Å². The summed E-state index contributed by atoms with van der Waals surface area (Å²) in [6.07, 6.45) is 5.26. The van der Waals surface area contributed by atoms with Gasteiger partial charge in [0.25, 0.3) is 0 Å². The molecule has 0 spiro atoms. The lowest BCUT2D eigenvalue weighted by molar-refractivity contribution is 0.114. The number of benzene rings is 2. The molecule has 140 valence electrons. The number of hydrogen-bond donors (Lipinski definition) is 0. The normalized spacial score (nSPS) is 16.7. The van der Waals surface area contributed by atoms with Crippen LogP contribution >= 0.6 is 0 Å². The largest absolute Gasteiger partial charge is 0.494 e. The van der Waals surface area contributed by atoms with Crippen LogP contribution in [0.2, 0.25) is 0 Å². The Morgan fingerprint density at radius 1 is 0.963 bits per heavy atom. The Morgan fingerprint density at radius 2 is 1.70 bits per heavy atom. The van der Waals surface area contributed by atoms with Gasteiger partial charge in [-0.05, 0) is 61.4 Å². The average Bonchev–Trinajstić information content (AvgIpc) is 3.38. The topological polar surface area (TPSA) is 26.6 Å². The van der Waals surface area contributed by atoms with Crippen LogP contribution in [0.1, 0.15) is 31.2 Å². The van der Waals surface area contributed by atoms with E-state index in [9.17, 15) is 0 Å². The fraction of sp³-hybridized carbons (Fsp3) is 0.304. The second kappa shape index (κ2) is 7.89. The molecule has 2 aromatic carbocycles. The van der Waals surface area contributed by atoms with E-state index < -0.39 is 0 Å². The van der Waals surface area contributed by atoms with Crippen molar-refractivity contribution in [3.8, 4) is 11.4 Å². The van der Waals surface area contributed by atoms with Crippen molar-refractivity contribution in [3.63, 3.8) is 0 Å². The zero-order valence-electron chi connectivity index (χ0n) is 16.0. The molecule has 0 saturated carbocycles. The Kier molecular flexibility index (Phi) is 5.16. The number of anilines is 1. The number of rotatable bonds is 6. The lowest BCUT2D eigenvalue weighted by atomic mass is 10.1. The van der Waals surface area contributed by atoms with Gasteiger partial charge in [-0.25, -0.2) is 0 Å². The molecule has 0 unspecified atom stereocenters. The Balaban J connectivity index is 1.54. The van der Waals surface area contributed by atoms with E-state index in [1.807, 2.05) is 19.1 Å². The van der Waals surface area contributed by atoms with E-state index in [-0.39, 0.29) is 6.23 Å². The molecule has 1 atom stereocenters. The van der Waals surface area contributed by atoms with Crippen LogP contribution < -0.4 is 9.64 Å². The Morgan fingerprint density at radius 3 is 2.41 bits per heavy atom. The summed E-state index contributed by atoms with van der Waals surface area (Å²) in [4.78, 5) is 2.33. The third-order valence-electron chi connectivity index (χ3n) is 5.01. The highest BCUT2D eigenvalue weighted by molar-refractivity contribution is 5.50. The molecule has 4 rings (SSSR count). The van der Waals surface area contributed by atoms with Gasteiger partial charge in [-0.15, -0.1) is 0 Å². The fourth-order valence-electron chi connectivity index (χ4n) is 3.53. The molecule has 0 radical (unpaired) electrons. The van der Waals surface area contributed by atoms with Gasteiger partial charge in [0, 0.05) is 35.9 Å². The predicted octanol–water partition coefficient (Wildman–Crippen LogP) is 4.97. The van der Waals surface area contributed by atoms with Gasteiger partial charge in [0.15, 0.2) is 6.23 Å². The first-order valence-corrected chi connectivity index (χ1v) is 9.67. The summed E-state index contributed by atoms with van der Waals surface area (Å²) in [5.41, 5.74) is 4.85. The van der Waals surface area contributed by atoms with Gasteiger partial charge >= 0.3 is 0 Å². The number of aryl methyl sites for hydroxylation is 1. The minimum atomic E-state index is -0.0403. The Hall–Kier alpha value is -2.72. The van der Waals surface area contributed by atoms with Crippen LogP contribution in [0.4, 0.5) is 5.69 Å². The zero-order chi connectivity index (χ0) is 18.6. The molecule has 4 heteroatoms. The van der Waals surface area contributed by atoms with E-state index in [4.69, 9.17) is 9.47 Å². The minimum Gasteiger partial charge on any atom is -0.494 e. The van der Waals surface area contributed by atoms with Crippen LogP contribution in [0.25, 0.3) is 5.69 Å². The van der Waals surface area contributed by atoms with Gasteiger partial charge in [-0.1, -0.05) is 19.1 Å². The third-order valence-corrected chi connectivity index (χ3v) is 5.01. The van der Waals surface area contributed by atoms with Crippen LogP contribution in [0.5, 0.6) is 5.75 Å². The van der Waals surface area contributed by atoms with Crippen LogP contribution in [0.3, 0.4) is 0 Å². The summed E-state index contributed by atoms with van der Waals surface area (Å²) in [5.74, 6) is 0.898. The Labute approximate surface area is 161 Å². The highest BCUT2D eigenvalue weighted by Crippen LogP contribution is 2.33. The second-order valence-electron chi connectivity index (χ2n) is 6.72. The van der Waals surface area contributed by atoms with Gasteiger partial charge in [-0.2, -0.15) is 0 Å². The molecule has 1 fully saturated rings. The molecule has 3 aromatic rings. The first kappa shape index (κ1) is 17.7. The van der Waals surface area contributed by atoms with Crippen LogP contribution in [0.15, 0.2) is 67.0 Å². The Bertz CT molecular complexity index is 868. The van der Waals surface area contributed by atoms with Gasteiger partial charge in [-0.3, -0.25) is 0 Å². The molecule has 0 N–H and O–H groups in total. The summed E-state index contributed by atoms with van der Waals surface area (Å²) in [6.45, 7) is 6.51. The smallest absolute Gasteiger partial charge is 0.158 e. The van der Waals surface area contributed by atoms with Crippen molar-refractivity contribution < 1.29 is 9.47 Å². The molecule has 1 aromatic heterocycles. The van der Waals surface area contributed by atoms with E-state index >= 15 is 0 Å². The minimum absolute atomic E-state index is 0.0403. The van der Waals surface area contributed by atoms with Crippen molar-refractivity contribution in [2.24, 2.45) is 0 Å². The van der Waals surface area contributed by atoms with E-state index in [1.165, 1.54) is 16.8 Å². The van der Waals surface area contributed by atoms with E-state index in [1.54, 1.807) is 0 Å². The van der Waals surface area contributed by atoms with Gasteiger partial charge in [0.05, 0.1) is 13.2 Å². The highest BCUT2D eigenvalue weighted by Gasteiger charge is 2.27. The van der Waals surface area contributed by atoms with E-state index in [2.05, 4.69) is 71.2 Å². The maximum absolute atomic E-state index is 6.06. The maximum Gasteiger partial charge on any atom is 0.158 e. The summed E-state index contributed by atoms with van der Waals surface area (Å²) in [7, 11) is 0. The molecular formula is C23H26N2O2. The molecule has 4 nitrogen and oxygen atoms in total. The summed E-state index contributed by atoms with van der Waals surface area (Å²) in [5, 5.41) is 0. The number of nitrogens with zero attached hydrogens (tertiary/aromatic N) is 2. The van der Waals surface area contributed by atoms with Gasteiger partial charge in [0.1, 0.15) is 5.75 Å². The van der Waals surface area contributed by atoms with Crippen molar-refractivity contribution in [1.82, 2.24) is 4.57 Å². The van der Waals surface area contributed by atoms with Crippen molar-refractivity contribution in [3.05, 3.63) is 78.1 Å². The summed E-state index contributed by atoms with van der Waals surface area (Å²) in [6, 6.07) is 19.1. The monoisotopic (exact) mass is 362 g/mol. The number of ether oxygens (including phenoxy) is 2. The molecule has 1 aliphatic heterocycles. The first-order valence-electron chi connectivity index (χ1n) is 9.67. The molecule has 27 heavy (non-hydrogen) atoms. The van der Waals surface area contributed by atoms with E-state index in [0.717, 1.165) is 31.0 Å². The lowest BCUT2D eigenvalue weighted by Gasteiger charge is -2.24. The van der Waals surface area contributed by atoms with Crippen molar-refractivity contribution in [2.45, 2.75) is 26.5 Å². The maximum atomic E-state index is 6.06. The second-order valence-corrected chi connectivity index (χ2v) is 6.72. The fourth-order valence-corrected chi connectivity index (χ4v) is 3.53. The molecule has 0 bridgehead atoms. The van der Waals surface area contributed by atoms with Crippen molar-refractivity contribution in [1.29, 1.82) is 0 Å². The first-order chi connectivity index (χ1) is 13.3. The molecular weight excluding hydrogens is 336 g/mol. The summed E-state index contributed by atoms with van der Waals surface area (Å²) < 4.78 is 13.7.